The van der Waals surface area contributed by atoms with E-state index in [2.05, 4.69) is 19.9 Å². The van der Waals surface area contributed by atoms with Crippen LogP contribution in [0.25, 0.3) is 0 Å². The van der Waals surface area contributed by atoms with E-state index >= 15 is 0 Å². The van der Waals surface area contributed by atoms with Gasteiger partial charge in [-0.05, 0) is 18.7 Å². The highest BCUT2D eigenvalue weighted by atomic mass is 16.5. The number of pyridine rings is 1. The first-order chi connectivity index (χ1) is 12.2. The van der Waals surface area contributed by atoms with Gasteiger partial charge < -0.3 is 14.5 Å². The maximum absolute atomic E-state index is 12.5. The highest BCUT2D eigenvalue weighted by Crippen LogP contribution is 2.20. The first kappa shape index (κ1) is 17.4. The molecule has 0 saturated carbocycles. The second-order valence-electron chi connectivity index (χ2n) is 6.18. The Labute approximate surface area is 147 Å². The highest BCUT2D eigenvalue weighted by molar-refractivity contribution is 5.76. The molecule has 0 spiro atoms. The van der Waals surface area contributed by atoms with E-state index in [0.717, 1.165) is 17.8 Å². The summed E-state index contributed by atoms with van der Waals surface area (Å²) in [6.45, 7) is 3.18. The number of hydrogen-bond acceptors (Lipinski definition) is 6. The average molecular weight is 341 g/mol. The lowest BCUT2D eigenvalue weighted by molar-refractivity contribution is -0.139. The van der Waals surface area contributed by atoms with Crippen molar-refractivity contribution in [3.8, 4) is 0 Å². The maximum Gasteiger partial charge on any atom is 0.224 e. The standard InChI is InChI=1S/C18H23N5O2/c1-22(13-15-3-2-5-19-11-15)8-4-18(24)23-9-10-25-17(14-23)16-12-20-6-7-21-16/h2-3,5-7,11-12,17H,4,8-10,13-14H2,1H3/t17-/m1/s1. The van der Waals surface area contributed by atoms with Gasteiger partial charge in [0.1, 0.15) is 6.10 Å². The summed E-state index contributed by atoms with van der Waals surface area (Å²) in [5.74, 6) is 0.148. The quantitative estimate of drug-likeness (QED) is 0.788. The third kappa shape index (κ3) is 5.04. The van der Waals surface area contributed by atoms with Crippen LogP contribution in [-0.4, -0.2) is 63.9 Å². The minimum Gasteiger partial charge on any atom is -0.368 e. The Bertz CT molecular complexity index is 668. The fourth-order valence-corrected chi connectivity index (χ4v) is 2.86. The first-order valence-electron chi connectivity index (χ1n) is 8.45. The van der Waals surface area contributed by atoms with E-state index < -0.39 is 0 Å². The summed E-state index contributed by atoms with van der Waals surface area (Å²) in [6.07, 6.45) is 8.88. The van der Waals surface area contributed by atoms with Crippen molar-refractivity contribution in [3.05, 3.63) is 54.4 Å². The van der Waals surface area contributed by atoms with E-state index in [1.54, 1.807) is 24.8 Å². The highest BCUT2D eigenvalue weighted by Gasteiger charge is 2.26. The molecule has 0 aromatic carbocycles. The van der Waals surface area contributed by atoms with Crippen LogP contribution in [0.5, 0.6) is 0 Å². The van der Waals surface area contributed by atoms with Gasteiger partial charge >= 0.3 is 0 Å². The van der Waals surface area contributed by atoms with Crippen molar-refractivity contribution in [2.24, 2.45) is 0 Å². The second-order valence-corrected chi connectivity index (χ2v) is 6.18. The van der Waals surface area contributed by atoms with E-state index in [4.69, 9.17) is 4.74 Å². The zero-order valence-corrected chi connectivity index (χ0v) is 14.4. The molecular weight excluding hydrogens is 318 g/mol. The summed E-state index contributed by atoms with van der Waals surface area (Å²) in [6, 6.07) is 3.97. The number of ether oxygens (including phenoxy) is 1. The van der Waals surface area contributed by atoms with E-state index in [0.29, 0.717) is 32.7 Å². The van der Waals surface area contributed by atoms with E-state index in [-0.39, 0.29) is 12.0 Å². The van der Waals surface area contributed by atoms with Crippen molar-refractivity contribution >= 4 is 5.91 Å². The summed E-state index contributed by atoms with van der Waals surface area (Å²) in [4.78, 5) is 29.0. The van der Waals surface area contributed by atoms with Crippen molar-refractivity contribution in [2.45, 2.75) is 19.1 Å². The lowest BCUT2D eigenvalue weighted by Crippen LogP contribution is -2.43. The number of amides is 1. The van der Waals surface area contributed by atoms with Crippen molar-refractivity contribution < 1.29 is 9.53 Å². The molecule has 132 valence electrons. The molecule has 1 saturated heterocycles. The number of aromatic nitrogens is 3. The Hall–Kier alpha value is -2.38. The molecule has 1 amide bonds. The number of morpholine rings is 1. The monoisotopic (exact) mass is 341 g/mol. The molecule has 7 nitrogen and oxygen atoms in total. The zero-order valence-electron chi connectivity index (χ0n) is 14.4. The number of carbonyl (C=O) groups excluding carboxylic acids is 1. The van der Waals surface area contributed by atoms with Gasteiger partial charge in [0.2, 0.25) is 5.91 Å². The van der Waals surface area contributed by atoms with Crippen LogP contribution < -0.4 is 0 Å². The molecule has 0 bridgehead atoms. The topological polar surface area (TPSA) is 71.5 Å². The Morgan fingerprint density at radius 1 is 1.32 bits per heavy atom. The van der Waals surface area contributed by atoms with Crippen LogP contribution in [0.2, 0.25) is 0 Å². The third-order valence-corrected chi connectivity index (χ3v) is 4.21. The van der Waals surface area contributed by atoms with Gasteiger partial charge in [-0.15, -0.1) is 0 Å². The van der Waals surface area contributed by atoms with Gasteiger partial charge in [-0.1, -0.05) is 6.07 Å². The summed E-state index contributed by atoms with van der Waals surface area (Å²) < 4.78 is 5.74. The maximum atomic E-state index is 12.5. The van der Waals surface area contributed by atoms with Crippen LogP contribution in [0.3, 0.4) is 0 Å². The van der Waals surface area contributed by atoms with Crippen molar-refractivity contribution in [2.75, 3.05) is 33.3 Å². The molecule has 0 aliphatic carbocycles. The minimum absolute atomic E-state index is 0.148. The van der Waals surface area contributed by atoms with E-state index in [1.165, 1.54) is 0 Å². The minimum atomic E-state index is -0.195. The molecule has 0 unspecified atom stereocenters. The molecule has 2 aromatic rings. The summed E-state index contributed by atoms with van der Waals surface area (Å²) in [5.41, 5.74) is 1.92. The van der Waals surface area contributed by atoms with Crippen LogP contribution in [0.15, 0.2) is 43.1 Å². The van der Waals surface area contributed by atoms with Gasteiger partial charge in [-0.25, -0.2) is 0 Å². The van der Waals surface area contributed by atoms with Crippen LogP contribution >= 0.6 is 0 Å². The van der Waals surface area contributed by atoms with Crippen molar-refractivity contribution in [3.63, 3.8) is 0 Å². The Kier molecular flexibility index (Phi) is 6.03. The predicted octanol–water partition coefficient (Wildman–Crippen LogP) is 1.29. The molecule has 3 rings (SSSR count). The average Bonchev–Trinajstić information content (AvgIpc) is 2.68. The van der Waals surface area contributed by atoms with Gasteiger partial charge in [0.25, 0.3) is 0 Å². The normalized spacial score (nSPS) is 17.7. The number of carbonyl (C=O) groups is 1. The van der Waals surface area contributed by atoms with Crippen molar-refractivity contribution in [1.82, 2.24) is 24.8 Å². The molecule has 1 aliphatic rings. The van der Waals surface area contributed by atoms with Gasteiger partial charge in [0.05, 0.1) is 25.0 Å². The largest absolute Gasteiger partial charge is 0.368 e. The fourth-order valence-electron chi connectivity index (χ4n) is 2.86. The Morgan fingerprint density at radius 3 is 2.96 bits per heavy atom. The second kappa shape index (κ2) is 8.64. The van der Waals surface area contributed by atoms with E-state index in [1.807, 2.05) is 30.3 Å². The van der Waals surface area contributed by atoms with E-state index in [9.17, 15) is 4.79 Å². The number of hydrogen-bond donors (Lipinski definition) is 0. The Balaban J connectivity index is 1.47. The lowest BCUT2D eigenvalue weighted by Gasteiger charge is -2.33. The molecule has 7 heteroatoms. The van der Waals surface area contributed by atoms with Gasteiger partial charge in [-0.2, -0.15) is 0 Å². The predicted molar refractivity (Wildman–Crippen MR) is 92.5 cm³/mol. The van der Waals surface area contributed by atoms with Gasteiger partial charge in [0.15, 0.2) is 0 Å². The fraction of sp³-hybridized carbons (Fsp3) is 0.444. The summed E-state index contributed by atoms with van der Waals surface area (Å²) in [5, 5.41) is 0. The summed E-state index contributed by atoms with van der Waals surface area (Å²) in [7, 11) is 2.02. The molecular formula is C18H23N5O2. The number of nitrogens with zero attached hydrogens (tertiary/aromatic N) is 5. The van der Waals surface area contributed by atoms with Crippen LogP contribution in [-0.2, 0) is 16.1 Å². The van der Waals surface area contributed by atoms with Crippen LogP contribution in [0.4, 0.5) is 0 Å². The molecule has 0 N–H and O–H groups in total. The number of rotatable bonds is 6. The SMILES string of the molecule is CN(CCC(=O)N1CCO[C@@H](c2cnccn2)C1)Cc1cccnc1. The molecule has 3 heterocycles. The van der Waals surface area contributed by atoms with Crippen LogP contribution in [0, 0.1) is 0 Å². The molecule has 25 heavy (non-hydrogen) atoms. The van der Waals surface area contributed by atoms with Crippen LogP contribution in [0.1, 0.15) is 23.8 Å². The molecule has 0 radical (unpaired) electrons. The van der Waals surface area contributed by atoms with Gasteiger partial charge in [0, 0.05) is 50.8 Å². The molecule has 2 aromatic heterocycles. The van der Waals surface area contributed by atoms with Crippen molar-refractivity contribution in [1.29, 1.82) is 0 Å². The third-order valence-electron chi connectivity index (χ3n) is 4.21. The smallest absolute Gasteiger partial charge is 0.224 e. The summed E-state index contributed by atoms with van der Waals surface area (Å²) >= 11 is 0. The first-order valence-corrected chi connectivity index (χ1v) is 8.45. The van der Waals surface area contributed by atoms with Gasteiger partial charge in [-0.3, -0.25) is 19.7 Å². The molecule has 1 fully saturated rings. The zero-order chi connectivity index (χ0) is 17.5. The molecule has 1 aliphatic heterocycles. The lowest BCUT2D eigenvalue weighted by atomic mass is 10.2. The Morgan fingerprint density at radius 2 is 2.20 bits per heavy atom. The molecule has 1 atom stereocenters.